The third-order valence-corrected chi connectivity index (χ3v) is 4.76. The molecule has 0 aliphatic rings. The highest BCUT2D eigenvalue weighted by atomic mass is 16.5. The van der Waals surface area contributed by atoms with Gasteiger partial charge in [-0.3, -0.25) is 0 Å². The predicted octanol–water partition coefficient (Wildman–Crippen LogP) is 6.30. The van der Waals surface area contributed by atoms with Crippen LogP contribution in [0.2, 0.25) is 0 Å². The number of aromatic carboxylic acids is 1. The Morgan fingerprint density at radius 2 is 1.34 bits per heavy atom. The van der Waals surface area contributed by atoms with Gasteiger partial charge in [0.2, 0.25) is 0 Å². The summed E-state index contributed by atoms with van der Waals surface area (Å²) >= 11 is 0. The van der Waals surface area contributed by atoms with E-state index in [4.69, 9.17) is 4.74 Å². The molecule has 0 saturated heterocycles. The zero-order chi connectivity index (χ0) is 20.1. The van der Waals surface area contributed by atoms with Crippen molar-refractivity contribution < 1.29 is 14.6 Å². The predicted molar refractivity (Wildman–Crippen MR) is 115 cm³/mol. The van der Waals surface area contributed by atoms with E-state index in [0.717, 1.165) is 33.6 Å². The van der Waals surface area contributed by atoms with Gasteiger partial charge in [-0.1, -0.05) is 84.9 Å². The number of hydrogen-bond acceptors (Lipinski definition) is 2. The minimum atomic E-state index is -0.934. The van der Waals surface area contributed by atoms with Gasteiger partial charge in [-0.15, -0.1) is 0 Å². The number of carboxylic acid groups (broad SMARTS) is 1. The van der Waals surface area contributed by atoms with Crippen molar-refractivity contribution in [3.63, 3.8) is 0 Å². The zero-order valence-electron chi connectivity index (χ0n) is 15.8. The van der Waals surface area contributed by atoms with Crippen molar-refractivity contribution in [3.8, 4) is 28.0 Å². The van der Waals surface area contributed by atoms with Crippen molar-refractivity contribution in [2.24, 2.45) is 0 Å². The molecular formula is C26H20O3. The van der Waals surface area contributed by atoms with Gasteiger partial charge in [-0.25, -0.2) is 4.79 Å². The van der Waals surface area contributed by atoms with Gasteiger partial charge in [0.25, 0.3) is 0 Å². The lowest BCUT2D eigenvalue weighted by Crippen LogP contribution is -1.98. The first-order chi connectivity index (χ1) is 14.2. The summed E-state index contributed by atoms with van der Waals surface area (Å²) in [4.78, 5) is 11.4. The fourth-order valence-electron chi connectivity index (χ4n) is 3.34. The molecule has 0 amide bonds. The average molecular weight is 380 g/mol. The monoisotopic (exact) mass is 380 g/mol. The van der Waals surface area contributed by atoms with E-state index in [9.17, 15) is 9.90 Å². The molecule has 0 fully saturated rings. The molecule has 0 radical (unpaired) electrons. The van der Waals surface area contributed by atoms with Crippen molar-refractivity contribution in [1.29, 1.82) is 0 Å². The van der Waals surface area contributed by atoms with Gasteiger partial charge in [0, 0.05) is 5.56 Å². The molecule has 0 atom stereocenters. The SMILES string of the molecule is O=C(O)c1cccc(-c2ccccc2-c2ccccc2OCc2ccccc2)c1. The minimum Gasteiger partial charge on any atom is -0.488 e. The Morgan fingerprint density at radius 1 is 0.690 bits per heavy atom. The largest absolute Gasteiger partial charge is 0.488 e. The number of hydrogen-bond donors (Lipinski definition) is 1. The van der Waals surface area contributed by atoms with Crippen LogP contribution in [0.25, 0.3) is 22.3 Å². The molecular weight excluding hydrogens is 360 g/mol. The van der Waals surface area contributed by atoms with E-state index in [1.54, 1.807) is 18.2 Å². The molecule has 4 aromatic carbocycles. The van der Waals surface area contributed by atoms with Gasteiger partial charge < -0.3 is 9.84 Å². The number of rotatable bonds is 6. The lowest BCUT2D eigenvalue weighted by Gasteiger charge is -2.15. The van der Waals surface area contributed by atoms with Gasteiger partial charge in [0.15, 0.2) is 0 Å². The van der Waals surface area contributed by atoms with Crippen molar-refractivity contribution >= 4 is 5.97 Å². The van der Waals surface area contributed by atoms with Crippen LogP contribution in [0.1, 0.15) is 15.9 Å². The number of ether oxygens (including phenoxy) is 1. The Labute approximate surface area is 169 Å². The number of para-hydroxylation sites is 1. The van der Waals surface area contributed by atoms with E-state index in [-0.39, 0.29) is 5.56 Å². The summed E-state index contributed by atoms with van der Waals surface area (Å²) in [5.74, 6) is -0.144. The molecule has 1 N–H and O–H groups in total. The Bertz CT molecular complexity index is 1130. The van der Waals surface area contributed by atoms with E-state index in [2.05, 4.69) is 0 Å². The third-order valence-electron chi connectivity index (χ3n) is 4.76. The average Bonchev–Trinajstić information content (AvgIpc) is 2.79. The Morgan fingerprint density at radius 3 is 2.10 bits per heavy atom. The molecule has 0 aromatic heterocycles. The normalized spacial score (nSPS) is 10.5. The van der Waals surface area contributed by atoms with Crippen LogP contribution in [-0.4, -0.2) is 11.1 Å². The smallest absolute Gasteiger partial charge is 0.335 e. The molecule has 0 unspecified atom stereocenters. The van der Waals surface area contributed by atoms with E-state index >= 15 is 0 Å². The molecule has 0 bridgehead atoms. The summed E-state index contributed by atoms with van der Waals surface area (Å²) in [5.41, 5.74) is 5.17. The van der Waals surface area contributed by atoms with Crippen molar-refractivity contribution in [3.05, 3.63) is 114 Å². The maximum Gasteiger partial charge on any atom is 0.335 e. The number of carboxylic acids is 1. The van der Waals surface area contributed by atoms with E-state index in [1.807, 2.05) is 84.9 Å². The topological polar surface area (TPSA) is 46.5 Å². The standard InChI is InChI=1S/C26H20O3/c27-26(28)21-12-8-11-20(17-21)22-13-4-5-14-23(22)24-15-6-7-16-25(24)29-18-19-9-2-1-3-10-19/h1-17H,18H2,(H,27,28). The summed E-state index contributed by atoms with van der Waals surface area (Å²) in [6.07, 6.45) is 0. The molecule has 4 rings (SSSR count). The lowest BCUT2D eigenvalue weighted by molar-refractivity contribution is 0.0697. The van der Waals surface area contributed by atoms with Crippen molar-refractivity contribution in [2.75, 3.05) is 0 Å². The number of carbonyl (C=O) groups is 1. The van der Waals surface area contributed by atoms with Crippen LogP contribution in [0.4, 0.5) is 0 Å². The van der Waals surface area contributed by atoms with Crippen LogP contribution in [0.5, 0.6) is 5.75 Å². The summed E-state index contributed by atoms with van der Waals surface area (Å²) < 4.78 is 6.14. The molecule has 0 saturated carbocycles. The molecule has 4 aromatic rings. The first-order valence-corrected chi connectivity index (χ1v) is 9.41. The second kappa shape index (κ2) is 8.44. The first-order valence-electron chi connectivity index (χ1n) is 9.41. The molecule has 3 heteroatoms. The van der Waals surface area contributed by atoms with Crippen LogP contribution in [-0.2, 0) is 6.61 Å². The van der Waals surface area contributed by atoms with Crippen LogP contribution >= 0.6 is 0 Å². The highest BCUT2D eigenvalue weighted by molar-refractivity contribution is 5.92. The van der Waals surface area contributed by atoms with Gasteiger partial charge in [0.1, 0.15) is 12.4 Å². The zero-order valence-corrected chi connectivity index (χ0v) is 15.8. The molecule has 0 heterocycles. The van der Waals surface area contributed by atoms with Crippen LogP contribution in [0.3, 0.4) is 0 Å². The minimum absolute atomic E-state index is 0.269. The summed E-state index contributed by atoms with van der Waals surface area (Å²) in [5, 5.41) is 9.34. The van der Waals surface area contributed by atoms with E-state index < -0.39 is 5.97 Å². The molecule has 142 valence electrons. The van der Waals surface area contributed by atoms with Gasteiger partial charge in [0.05, 0.1) is 5.56 Å². The maximum atomic E-state index is 11.4. The maximum absolute atomic E-state index is 11.4. The highest BCUT2D eigenvalue weighted by Gasteiger charge is 2.13. The molecule has 0 spiro atoms. The Hall–Kier alpha value is -3.85. The highest BCUT2D eigenvalue weighted by Crippen LogP contribution is 2.37. The second-order valence-corrected chi connectivity index (χ2v) is 6.70. The van der Waals surface area contributed by atoms with Gasteiger partial charge in [-0.05, 0) is 40.5 Å². The fraction of sp³-hybridized carbons (Fsp3) is 0.0385. The van der Waals surface area contributed by atoms with E-state index in [1.165, 1.54) is 0 Å². The van der Waals surface area contributed by atoms with Crippen LogP contribution < -0.4 is 4.74 Å². The Balaban J connectivity index is 1.73. The molecule has 0 aliphatic heterocycles. The van der Waals surface area contributed by atoms with Gasteiger partial charge >= 0.3 is 5.97 Å². The summed E-state index contributed by atoms with van der Waals surface area (Å²) in [6.45, 7) is 0.481. The first kappa shape index (κ1) is 18.5. The number of benzene rings is 4. The van der Waals surface area contributed by atoms with Crippen molar-refractivity contribution in [1.82, 2.24) is 0 Å². The lowest BCUT2D eigenvalue weighted by atomic mass is 9.93. The second-order valence-electron chi connectivity index (χ2n) is 6.70. The summed E-state index contributed by atoms with van der Waals surface area (Å²) in [7, 11) is 0. The van der Waals surface area contributed by atoms with Gasteiger partial charge in [-0.2, -0.15) is 0 Å². The fourth-order valence-corrected chi connectivity index (χ4v) is 3.34. The van der Waals surface area contributed by atoms with Crippen molar-refractivity contribution in [2.45, 2.75) is 6.61 Å². The van der Waals surface area contributed by atoms with Crippen LogP contribution in [0.15, 0.2) is 103 Å². The Kier molecular flexibility index (Phi) is 5.39. The quantitative estimate of drug-likeness (QED) is 0.427. The molecule has 29 heavy (non-hydrogen) atoms. The molecule has 0 aliphatic carbocycles. The molecule has 3 nitrogen and oxygen atoms in total. The van der Waals surface area contributed by atoms with E-state index in [0.29, 0.717) is 6.61 Å². The van der Waals surface area contributed by atoms with Crippen LogP contribution in [0, 0.1) is 0 Å². The summed E-state index contributed by atoms with van der Waals surface area (Å²) in [6, 6.07) is 33.0. The third kappa shape index (κ3) is 4.19.